The first-order valence-corrected chi connectivity index (χ1v) is 10.1. The summed E-state index contributed by atoms with van der Waals surface area (Å²) in [6, 6.07) is 4.68. The maximum absolute atomic E-state index is 12.9. The molecule has 1 nitrogen and oxygen atoms in total. The van der Waals surface area contributed by atoms with Gasteiger partial charge < -0.3 is 4.74 Å². The molecule has 0 aliphatic heterocycles. The van der Waals surface area contributed by atoms with Crippen molar-refractivity contribution < 1.29 is 9.13 Å². The van der Waals surface area contributed by atoms with E-state index < -0.39 is 5.82 Å². The Labute approximate surface area is 151 Å². The van der Waals surface area contributed by atoms with E-state index in [0.29, 0.717) is 6.61 Å². The Kier molecular flexibility index (Phi) is 8.38. The number of rotatable bonds is 3. The van der Waals surface area contributed by atoms with Crippen molar-refractivity contribution >= 4 is 11.6 Å². The summed E-state index contributed by atoms with van der Waals surface area (Å²) in [6.45, 7) is 4.66. The Morgan fingerprint density at radius 2 is 1.62 bits per heavy atom. The predicted molar refractivity (Wildman–Crippen MR) is 100 cm³/mol. The monoisotopic (exact) mass is 354 g/mol. The Morgan fingerprint density at radius 1 is 1.00 bits per heavy atom. The van der Waals surface area contributed by atoms with Gasteiger partial charge in [0.05, 0.1) is 11.6 Å². The van der Waals surface area contributed by atoms with Gasteiger partial charge >= 0.3 is 0 Å². The van der Waals surface area contributed by atoms with Crippen molar-refractivity contribution in [2.45, 2.75) is 71.6 Å². The molecule has 2 saturated carbocycles. The van der Waals surface area contributed by atoms with Crippen molar-refractivity contribution in [3.05, 3.63) is 29.0 Å². The van der Waals surface area contributed by atoms with Crippen LogP contribution in [0.1, 0.15) is 71.6 Å². The summed E-state index contributed by atoms with van der Waals surface area (Å²) in [7, 11) is 0. The van der Waals surface area contributed by atoms with Gasteiger partial charge in [0, 0.05) is 0 Å². The SMILES string of the molecule is CC1CCC(C2CCCCC2)CC1.CCOc1cccc(Cl)c1F. The van der Waals surface area contributed by atoms with Gasteiger partial charge in [0.1, 0.15) is 0 Å². The predicted octanol–water partition coefficient (Wildman–Crippen LogP) is 7.27. The fourth-order valence-electron chi connectivity index (χ4n) is 4.11. The molecule has 2 aliphatic rings. The van der Waals surface area contributed by atoms with Crippen LogP contribution in [0.3, 0.4) is 0 Å². The molecule has 2 aliphatic carbocycles. The third kappa shape index (κ3) is 5.95. The van der Waals surface area contributed by atoms with Crippen LogP contribution in [0.15, 0.2) is 18.2 Å². The molecule has 0 N–H and O–H groups in total. The van der Waals surface area contributed by atoms with Gasteiger partial charge in [-0.1, -0.05) is 69.5 Å². The van der Waals surface area contributed by atoms with E-state index in [9.17, 15) is 4.39 Å². The van der Waals surface area contributed by atoms with Crippen LogP contribution in [0.25, 0.3) is 0 Å². The average molecular weight is 355 g/mol. The van der Waals surface area contributed by atoms with E-state index in [1.807, 2.05) is 0 Å². The zero-order valence-corrected chi connectivity index (χ0v) is 16.0. The van der Waals surface area contributed by atoms with Crippen LogP contribution in [-0.4, -0.2) is 6.61 Å². The summed E-state index contributed by atoms with van der Waals surface area (Å²) in [5, 5.41) is 0.0935. The second-order valence-corrected chi connectivity index (χ2v) is 7.81. The van der Waals surface area contributed by atoms with Crippen LogP contribution in [0.2, 0.25) is 5.02 Å². The van der Waals surface area contributed by atoms with Crippen molar-refractivity contribution in [1.82, 2.24) is 0 Å². The maximum atomic E-state index is 12.9. The Balaban J connectivity index is 0.000000177. The molecule has 0 amide bonds. The molecule has 0 saturated heterocycles. The highest BCUT2D eigenvalue weighted by atomic mass is 35.5. The van der Waals surface area contributed by atoms with E-state index in [-0.39, 0.29) is 10.8 Å². The molecular formula is C21H32ClFO. The summed E-state index contributed by atoms with van der Waals surface area (Å²) in [5.74, 6) is 2.99. The van der Waals surface area contributed by atoms with Crippen molar-refractivity contribution in [1.29, 1.82) is 0 Å². The van der Waals surface area contributed by atoms with Gasteiger partial charge in [0.15, 0.2) is 11.6 Å². The highest BCUT2D eigenvalue weighted by Crippen LogP contribution is 2.39. The summed E-state index contributed by atoms with van der Waals surface area (Å²) in [5.41, 5.74) is 0. The molecule has 2 fully saturated rings. The first-order chi connectivity index (χ1) is 11.6. The zero-order chi connectivity index (χ0) is 17.4. The average Bonchev–Trinajstić information content (AvgIpc) is 2.61. The summed E-state index contributed by atoms with van der Waals surface area (Å²) < 4.78 is 17.9. The number of benzene rings is 1. The number of ether oxygens (including phenoxy) is 1. The smallest absolute Gasteiger partial charge is 0.183 e. The van der Waals surface area contributed by atoms with Gasteiger partial charge in [0.2, 0.25) is 0 Å². The van der Waals surface area contributed by atoms with Crippen LogP contribution < -0.4 is 4.74 Å². The highest BCUT2D eigenvalue weighted by Gasteiger charge is 2.26. The fourth-order valence-corrected chi connectivity index (χ4v) is 4.28. The molecule has 3 heteroatoms. The molecule has 0 bridgehead atoms. The minimum atomic E-state index is -0.490. The molecule has 0 aromatic heterocycles. The third-order valence-corrected chi connectivity index (χ3v) is 5.88. The van der Waals surface area contributed by atoms with Crippen molar-refractivity contribution in [3.8, 4) is 5.75 Å². The normalized spacial score (nSPS) is 24.8. The Bertz CT molecular complexity index is 477. The molecule has 136 valence electrons. The molecule has 0 atom stereocenters. The zero-order valence-electron chi connectivity index (χ0n) is 15.2. The standard InChI is InChI=1S/C13H24.C8H8ClFO/c1-11-7-9-13(10-8-11)12-5-3-2-4-6-12;1-2-11-7-5-3-4-6(9)8(7)10/h11-13H,2-10H2,1H3;3-5H,2H2,1H3. The summed E-state index contributed by atoms with van der Waals surface area (Å²) in [4.78, 5) is 0. The van der Waals surface area contributed by atoms with E-state index >= 15 is 0 Å². The van der Waals surface area contributed by atoms with Crippen LogP contribution in [0.5, 0.6) is 5.75 Å². The van der Waals surface area contributed by atoms with Gasteiger partial charge in [-0.25, -0.2) is 4.39 Å². The number of halogens is 2. The molecule has 24 heavy (non-hydrogen) atoms. The summed E-state index contributed by atoms with van der Waals surface area (Å²) >= 11 is 5.49. The van der Waals surface area contributed by atoms with Gasteiger partial charge in [0.25, 0.3) is 0 Å². The first-order valence-electron chi connectivity index (χ1n) is 9.68. The fraction of sp³-hybridized carbons (Fsp3) is 0.714. The largest absolute Gasteiger partial charge is 0.491 e. The van der Waals surface area contributed by atoms with E-state index in [1.54, 1.807) is 44.7 Å². The lowest BCUT2D eigenvalue weighted by molar-refractivity contribution is 0.173. The van der Waals surface area contributed by atoms with Crippen LogP contribution in [-0.2, 0) is 0 Å². The lowest BCUT2D eigenvalue weighted by Crippen LogP contribution is -2.22. The lowest BCUT2D eigenvalue weighted by Gasteiger charge is -2.34. The summed E-state index contributed by atoms with van der Waals surface area (Å²) in [6.07, 6.45) is 13.8. The number of hydrogen-bond acceptors (Lipinski definition) is 1. The van der Waals surface area contributed by atoms with E-state index in [2.05, 4.69) is 6.92 Å². The second kappa shape index (κ2) is 10.3. The van der Waals surface area contributed by atoms with Crippen LogP contribution in [0.4, 0.5) is 4.39 Å². The maximum Gasteiger partial charge on any atom is 0.183 e. The molecule has 0 radical (unpaired) electrons. The molecule has 3 rings (SSSR count). The molecular weight excluding hydrogens is 323 g/mol. The molecule has 0 spiro atoms. The van der Waals surface area contributed by atoms with Gasteiger partial charge in [-0.3, -0.25) is 0 Å². The lowest BCUT2D eigenvalue weighted by atomic mass is 9.71. The third-order valence-electron chi connectivity index (χ3n) is 5.59. The Morgan fingerprint density at radius 3 is 2.25 bits per heavy atom. The van der Waals surface area contributed by atoms with Crippen molar-refractivity contribution in [2.24, 2.45) is 17.8 Å². The van der Waals surface area contributed by atoms with E-state index in [4.69, 9.17) is 16.3 Å². The quantitative estimate of drug-likeness (QED) is 0.554. The van der Waals surface area contributed by atoms with Crippen LogP contribution in [0, 0.1) is 23.6 Å². The van der Waals surface area contributed by atoms with E-state index in [0.717, 1.165) is 17.8 Å². The van der Waals surface area contributed by atoms with Gasteiger partial charge in [-0.2, -0.15) is 0 Å². The second-order valence-electron chi connectivity index (χ2n) is 7.40. The molecule has 1 aromatic rings. The van der Waals surface area contributed by atoms with E-state index in [1.165, 1.54) is 38.2 Å². The van der Waals surface area contributed by atoms with Gasteiger partial charge in [-0.05, 0) is 49.7 Å². The molecule has 0 unspecified atom stereocenters. The first kappa shape index (κ1) is 19.6. The van der Waals surface area contributed by atoms with Gasteiger partial charge in [-0.15, -0.1) is 0 Å². The van der Waals surface area contributed by atoms with Crippen molar-refractivity contribution in [3.63, 3.8) is 0 Å². The molecule has 0 heterocycles. The highest BCUT2D eigenvalue weighted by molar-refractivity contribution is 6.30. The topological polar surface area (TPSA) is 9.23 Å². The minimum Gasteiger partial charge on any atom is -0.491 e. The minimum absolute atomic E-state index is 0.0935. The number of hydrogen-bond donors (Lipinski definition) is 0. The van der Waals surface area contributed by atoms with Crippen molar-refractivity contribution in [2.75, 3.05) is 6.61 Å². The Hall–Kier alpha value is -0.760. The van der Waals surface area contributed by atoms with Crippen LogP contribution >= 0.6 is 11.6 Å². The molecule has 1 aromatic carbocycles.